The minimum Gasteiger partial charge on any atom is -0.355 e. The largest absolute Gasteiger partial charge is 0.355 e. The Bertz CT molecular complexity index is 382. The molecule has 0 heterocycles. The summed E-state index contributed by atoms with van der Waals surface area (Å²) < 4.78 is 0. The molecule has 0 atom stereocenters. The Morgan fingerprint density at radius 1 is 1.05 bits per heavy atom. The maximum absolute atomic E-state index is 11.3. The zero-order valence-corrected chi connectivity index (χ0v) is 12.5. The van der Waals surface area contributed by atoms with Gasteiger partial charge in [-0.05, 0) is 17.0 Å². The fourth-order valence-electron chi connectivity index (χ4n) is 1.73. The Labute approximate surface area is 116 Å². The van der Waals surface area contributed by atoms with Crippen LogP contribution in [0.1, 0.15) is 44.7 Å². The molecule has 0 aliphatic carbocycles. The summed E-state index contributed by atoms with van der Waals surface area (Å²) in [6.07, 6.45) is 0. The predicted molar refractivity (Wildman–Crippen MR) is 80.1 cm³/mol. The Balaban J connectivity index is 2.21. The van der Waals surface area contributed by atoms with Crippen LogP contribution < -0.4 is 10.6 Å². The highest BCUT2D eigenvalue weighted by Gasteiger charge is 2.04. The van der Waals surface area contributed by atoms with Gasteiger partial charge in [0.05, 0.1) is 0 Å². The lowest BCUT2D eigenvalue weighted by molar-refractivity contribution is -0.123. The van der Waals surface area contributed by atoms with Gasteiger partial charge in [0.25, 0.3) is 0 Å². The topological polar surface area (TPSA) is 41.1 Å². The fourth-order valence-corrected chi connectivity index (χ4v) is 1.73. The van der Waals surface area contributed by atoms with Crippen molar-refractivity contribution in [3.05, 3.63) is 35.4 Å². The summed E-state index contributed by atoms with van der Waals surface area (Å²) in [5.41, 5.74) is 2.65. The van der Waals surface area contributed by atoms with Gasteiger partial charge >= 0.3 is 0 Å². The van der Waals surface area contributed by atoms with Crippen LogP contribution in [0.5, 0.6) is 0 Å². The number of hydrogen-bond donors (Lipinski definition) is 2. The minimum absolute atomic E-state index is 0.0589. The standard InChI is InChI=1S/C16H26N2O/c1-12(2)15-7-5-14(6-8-15)11-17-9-10-18-16(19)13(3)4/h5-8,12-13,17H,9-11H2,1-4H3,(H,18,19). The van der Waals surface area contributed by atoms with Gasteiger partial charge < -0.3 is 10.6 Å². The monoisotopic (exact) mass is 262 g/mol. The van der Waals surface area contributed by atoms with Gasteiger partial charge in [0.15, 0.2) is 0 Å². The summed E-state index contributed by atoms with van der Waals surface area (Å²) in [6, 6.07) is 8.69. The van der Waals surface area contributed by atoms with E-state index >= 15 is 0 Å². The number of carbonyl (C=O) groups excluding carboxylic acids is 1. The first kappa shape index (κ1) is 15.7. The summed E-state index contributed by atoms with van der Waals surface area (Å²) in [7, 11) is 0. The van der Waals surface area contributed by atoms with Crippen molar-refractivity contribution in [3.8, 4) is 0 Å². The molecule has 0 fully saturated rings. The molecule has 0 unspecified atom stereocenters. The summed E-state index contributed by atoms with van der Waals surface area (Å²) in [4.78, 5) is 11.3. The Hall–Kier alpha value is -1.35. The third kappa shape index (κ3) is 5.88. The summed E-state index contributed by atoms with van der Waals surface area (Å²) in [6.45, 7) is 10.5. The SMILES string of the molecule is CC(C)C(=O)NCCNCc1ccc(C(C)C)cc1. The lowest BCUT2D eigenvalue weighted by Gasteiger charge is -2.10. The second kappa shape index (κ2) is 7.95. The maximum Gasteiger partial charge on any atom is 0.222 e. The van der Waals surface area contributed by atoms with Crippen LogP contribution in [0, 0.1) is 5.92 Å². The number of benzene rings is 1. The van der Waals surface area contributed by atoms with E-state index in [1.54, 1.807) is 0 Å². The van der Waals surface area contributed by atoms with Crippen molar-refractivity contribution in [2.75, 3.05) is 13.1 Å². The minimum atomic E-state index is 0.0589. The van der Waals surface area contributed by atoms with E-state index in [9.17, 15) is 4.79 Å². The molecule has 19 heavy (non-hydrogen) atoms. The lowest BCUT2D eigenvalue weighted by atomic mass is 10.0. The first-order valence-corrected chi connectivity index (χ1v) is 7.08. The van der Waals surface area contributed by atoms with Crippen molar-refractivity contribution in [2.45, 2.75) is 40.2 Å². The molecule has 0 aliphatic rings. The maximum atomic E-state index is 11.3. The molecule has 0 spiro atoms. The average molecular weight is 262 g/mol. The fraction of sp³-hybridized carbons (Fsp3) is 0.562. The molecule has 0 saturated heterocycles. The zero-order chi connectivity index (χ0) is 14.3. The van der Waals surface area contributed by atoms with E-state index in [-0.39, 0.29) is 11.8 Å². The van der Waals surface area contributed by atoms with Crippen LogP contribution in [0.2, 0.25) is 0 Å². The molecule has 1 aromatic rings. The third-order valence-corrected chi connectivity index (χ3v) is 3.10. The number of nitrogens with one attached hydrogen (secondary N) is 2. The molecule has 0 radical (unpaired) electrons. The van der Waals surface area contributed by atoms with Crippen molar-refractivity contribution in [1.82, 2.24) is 10.6 Å². The van der Waals surface area contributed by atoms with Gasteiger partial charge in [0.1, 0.15) is 0 Å². The van der Waals surface area contributed by atoms with Gasteiger partial charge in [0.2, 0.25) is 5.91 Å². The normalized spacial score (nSPS) is 11.1. The molecule has 0 saturated carbocycles. The highest BCUT2D eigenvalue weighted by Crippen LogP contribution is 2.14. The van der Waals surface area contributed by atoms with Crippen molar-refractivity contribution in [1.29, 1.82) is 0 Å². The third-order valence-electron chi connectivity index (χ3n) is 3.10. The van der Waals surface area contributed by atoms with Crippen LogP contribution >= 0.6 is 0 Å². The van der Waals surface area contributed by atoms with E-state index in [0.29, 0.717) is 12.5 Å². The average Bonchev–Trinajstić information content (AvgIpc) is 2.38. The second-order valence-corrected chi connectivity index (χ2v) is 5.52. The second-order valence-electron chi connectivity index (χ2n) is 5.52. The van der Waals surface area contributed by atoms with E-state index in [0.717, 1.165) is 13.1 Å². The van der Waals surface area contributed by atoms with E-state index in [1.807, 2.05) is 13.8 Å². The molecule has 1 rings (SSSR count). The highest BCUT2D eigenvalue weighted by molar-refractivity contribution is 5.77. The van der Waals surface area contributed by atoms with Gasteiger partial charge in [-0.3, -0.25) is 4.79 Å². The van der Waals surface area contributed by atoms with Crippen LogP contribution in [-0.2, 0) is 11.3 Å². The number of carbonyl (C=O) groups is 1. The van der Waals surface area contributed by atoms with E-state index in [4.69, 9.17) is 0 Å². The van der Waals surface area contributed by atoms with Gasteiger partial charge in [-0.2, -0.15) is 0 Å². The van der Waals surface area contributed by atoms with Crippen molar-refractivity contribution in [2.24, 2.45) is 5.92 Å². The summed E-state index contributed by atoms with van der Waals surface area (Å²) >= 11 is 0. The van der Waals surface area contributed by atoms with Crippen LogP contribution in [0.25, 0.3) is 0 Å². The van der Waals surface area contributed by atoms with Crippen molar-refractivity contribution in [3.63, 3.8) is 0 Å². The molecule has 0 bridgehead atoms. The Kier molecular flexibility index (Phi) is 6.57. The molecule has 0 aromatic heterocycles. The summed E-state index contributed by atoms with van der Waals surface area (Å²) in [5, 5.41) is 6.22. The molecular weight excluding hydrogens is 236 g/mol. The van der Waals surface area contributed by atoms with Crippen LogP contribution in [-0.4, -0.2) is 19.0 Å². The van der Waals surface area contributed by atoms with Crippen LogP contribution in [0.4, 0.5) is 0 Å². The molecule has 3 nitrogen and oxygen atoms in total. The smallest absolute Gasteiger partial charge is 0.222 e. The molecule has 2 N–H and O–H groups in total. The lowest BCUT2D eigenvalue weighted by Crippen LogP contribution is -2.34. The van der Waals surface area contributed by atoms with Gasteiger partial charge in [0, 0.05) is 25.6 Å². The van der Waals surface area contributed by atoms with Crippen molar-refractivity contribution < 1.29 is 4.79 Å². The predicted octanol–water partition coefficient (Wildman–Crippen LogP) is 2.67. The number of rotatable bonds is 7. The number of hydrogen-bond acceptors (Lipinski definition) is 2. The molecule has 1 amide bonds. The van der Waals surface area contributed by atoms with Crippen LogP contribution in [0.3, 0.4) is 0 Å². The molecule has 106 valence electrons. The number of amides is 1. The van der Waals surface area contributed by atoms with Gasteiger partial charge in [-0.15, -0.1) is 0 Å². The highest BCUT2D eigenvalue weighted by atomic mass is 16.1. The first-order chi connectivity index (χ1) is 9.00. The van der Waals surface area contributed by atoms with E-state index < -0.39 is 0 Å². The Morgan fingerprint density at radius 2 is 1.68 bits per heavy atom. The molecular formula is C16H26N2O. The first-order valence-electron chi connectivity index (χ1n) is 7.08. The summed E-state index contributed by atoms with van der Waals surface area (Å²) in [5.74, 6) is 0.750. The van der Waals surface area contributed by atoms with Gasteiger partial charge in [-0.25, -0.2) is 0 Å². The van der Waals surface area contributed by atoms with Crippen LogP contribution in [0.15, 0.2) is 24.3 Å². The molecule has 1 aromatic carbocycles. The van der Waals surface area contributed by atoms with E-state index in [1.165, 1.54) is 11.1 Å². The molecule has 0 aliphatic heterocycles. The van der Waals surface area contributed by atoms with Gasteiger partial charge in [-0.1, -0.05) is 52.0 Å². The van der Waals surface area contributed by atoms with E-state index in [2.05, 4.69) is 48.7 Å². The zero-order valence-electron chi connectivity index (χ0n) is 12.5. The molecule has 3 heteroatoms. The Morgan fingerprint density at radius 3 is 2.21 bits per heavy atom. The quantitative estimate of drug-likeness (QED) is 0.742. The van der Waals surface area contributed by atoms with Crippen molar-refractivity contribution >= 4 is 5.91 Å².